The van der Waals surface area contributed by atoms with Crippen LogP contribution in [0.4, 0.5) is 10.1 Å². The number of benzene rings is 2. The van der Waals surface area contributed by atoms with Crippen LogP contribution in [0.2, 0.25) is 0 Å². The van der Waals surface area contributed by atoms with Gasteiger partial charge in [0, 0.05) is 35.6 Å². The largest absolute Gasteiger partial charge is 0.454 e. The average Bonchev–Trinajstić information content (AvgIpc) is 2.72. The Morgan fingerprint density at radius 2 is 1.93 bits per heavy atom. The number of hydrogen-bond donors (Lipinski definition) is 1. The fraction of sp³-hybridized carbons (Fsp3) is 0.167. The Morgan fingerprint density at radius 1 is 1.20 bits per heavy atom. The lowest BCUT2D eigenvalue weighted by Gasteiger charge is -2.15. The summed E-state index contributed by atoms with van der Waals surface area (Å²) in [4.78, 5) is 24.0. The third-order valence-corrected chi connectivity index (χ3v) is 4.69. The van der Waals surface area contributed by atoms with Gasteiger partial charge in [-0.05, 0) is 61.4 Å². The molecule has 1 heterocycles. The fourth-order valence-corrected chi connectivity index (χ4v) is 3.10. The number of carbonyl (C=O) groups is 1. The summed E-state index contributed by atoms with van der Waals surface area (Å²) in [6, 6.07) is 11.6. The first-order valence-electron chi connectivity index (χ1n) is 9.53. The van der Waals surface area contributed by atoms with Crippen LogP contribution in [-0.4, -0.2) is 10.5 Å². The van der Waals surface area contributed by atoms with Gasteiger partial charge >= 0.3 is 0 Å². The Hall–Kier alpha value is -3.67. The molecule has 1 aromatic heterocycles. The minimum absolute atomic E-state index is 0.0792. The molecule has 0 fully saturated rings. The number of nitrogens with zero attached hydrogens (tertiary/aromatic N) is 1. The molecule has 1 N–H and O–H groups in total. The molecule has 154 valence electrons. The van der Waals surface area contributed by atoms with E-state index in [9.17, 15) is 14.0 Å². The second-order valence-corrected chi connectivity index (χ2v) is 6.96. The van der Waals surface area contributed by atoms with Gasteiger partial charge in [0.05, 0.1) is 0 Å². The summed E-state index contributed by atoms with van der Waals surface area (Å²) in [5, 5.41) is 2.71. The quantitative estimate of drug-likeness (QED) is 0.588. The molecule has 1 amide bonds. The molecule has 0 aliphatic rings. The highest BCUT2D eigenvalue weighted by molar-refractivity contribution is 5.99. The van der Waals surface area contributed by atoms with E-state index in [1.165, 1.54) is 16.7 Å². The molecule has 0 spiro atoms. The predicted octanol–water partition coefficient (Wildman–Crippen LogP) is 4.98. The van der Waals surface area contributed by atoms with Gasteiger partial charge in [-0.3, -0.25) is 9.59 Å². The molecule has 0 saturated carbocycles. The maximum atomic E-state index is 14.4. The number of pyridine rings is 1. The molecule has 0 unspecified atom stereocenters. The zero-order chi connectivity index (χ0) is 21.8. The number of halogens is 1. The van der Waals surface area contributed by atoms with Crippen LogP contribution in [0, 0.1) is 12.7 Å². The number of hydrogen-bond acceptors (Lipinski definition) is 3. The SMILES string of the molecule is C=CC(=O)Nc1ccc(Oc2ccc(C)cc2F)c(-c2cc(CC)c(=O)n(C)c2)c1. The van der Waals surface area contributed by atoms with Gasteiger partial charge in [-0.25, -0.2) is 4.39 Å². The van der Waals surface area contributed by atoms with Crippen molar-refractivity contribution in [3.63, 3.8) is 0 Å². The Morgan fingerprint density at radius 3 is 2.60 bits per heavy atom. The van der Waals surface area contributed by atoms with Crippen molar-refractivity contribution in [1.82, 2.24) is 4.57 Å². The van der Waals surface area contributed by atoms with Crippen molar-refractivity contribution in [1.29, 1.82) is 0 Å². The van der Waals surface area contributed by atoms with Gasteiger partial charge in [-0.1, -0.05) is 19.6 Å². The van der Waals surface area contributed by atoms with E-state index in [0.29, 0.717) is 34.5 Å². The fourth-order valence-electron chi connectivity index (χ4n) is 3.10. The third-order valence-electron chi connectivity index (χ3n) is 4.69. The molecule has 3 aromatic rings. The number of aromatic nitrogens is 1. The van der Waals surface area contributed by atoms with Crippen LogP contribution in [0.15, 0.2) is 66.1 Å². The van der Waals surface area contributed by atoms with Crippen LogP contribution in [-0.2, 0) is 18.3 Å². The molecule has 0 bridgehead atoms. The summed E-state index contributed by atoms with van der Waals surface area (Å²) in [7, 11) is 1.68. The molecule has 5 nitrogen and oxygen atoms in total. The molecule has 3 rings (SSSR count). The lowest BCUT2D eigenvalue weighted by molar-refractivity contribution is -0.111. The van der Waals surface area contributed by atoms with Crippen LogP contribution in [0.3, 0.4) is 0 Å². The summed E-state index contributed by atoms with van der Waals surface area (Å²) in [5.41, 5.74) is 3.20. The summed E-state index contributed by atoms with van der Waals surface area (Å²) >= 11 is 0. The Labute approximate surface area is 174 Å². The summed E-state index contributed by atoms with van der Waals surface area (Å²) in [5.74, 6) is -0.339. The molecule has 0 aliphatic carbocycles. The van der Waals surface area contributed by atoms with E-state index in [1.54, 1.807) is 56.6 Å². The number of ether oxygens (including phenoxy) is 1. The monoisotopic (exact) mass is 406 g/mol. The third kappa shape index (κ3) is 4.49. The average molecular weight is 406 g/mol. The smallest absolute Gasteiger partial charge is 0.253 e. The van der Waals surface area contributed by atoms with Gasteiger partial charge in [0.15, 0.2) is 11.6 Å². The van der Waals surface area contributed by atoms with Crippen LogP contribution in [0.25, 0.3) is 11.1 Å². The van der Waals surface area contributed by atoms with E-state index in [0.717, 1.165) is 5.56 Å². The van der Waals surface area contributed by atoms with Crippen molar-refractivity contribution in [3.8, 4) is 22.6 Å². The van der Waals surface area contributed by atoms with Crippen molar-refractivity contribution in [2.45, 2.75) is 20.3 Å². The van der Waals surface area contributed by atoms with Crippen LogP contribution in [0.1, 0.15) is 18.1 Å². The maximum absolute atomic E-state index is 14.4. The summed E-state index contributed by atoms with van der Waals surface area (Å²) in [6.07, 6.45) is 3.43. The minimum atomic E-state index is -0.473. The molecule has 0 radical (unpaired) electrons. The van der Waals surface area contributed by atoms with E-state index in [4.69, 9.17) is 4.74 Å². The van der Waals surface area contributed by atoms with E-state index in [2.05, 4.69) is 11.9 Å². The van der Waals surface area contributed by atoms with Gasteiger partial charge in [0.25, 0.3) is 5.56 Å². The molecular formula is C24H23FN2O3. The van der Waals surface area contributed by atoms with E-state index in [-0.39, 0.29) is 17.2 Å². The van der Waals surface area contributed by atoms with Gasteiger partial charge in [0.2, 0.25) is 5.91 Å². The van der Waals surface area contributed by atoms with Crippen LogP contribution >= 0.6 is 0 Å². The molecule has 6 heteroatoms. The van der Waals surface area contributed by atoms with Crippen molar-refractivity contribution in [3.05, 3.63) is 88.6 Å². The second-order valence-electron chi connectivity index (χ2n) is 6.96. The number of amides is 1. The molecule has 0 saturated heterocycles. The lowest BCUT2D eigenvalue weighted by Crippen LogP contribution is -2.20. The van der Waals surface area contributed by atoms with Gasteiger partial charge in [-0.2, -0.15) is 0 Å². The van der Waals surface area contributed by atoms with Crippen LogP contribution < -0.4 is 15.6 Å². The zero-order valence-corrected chi connectivity index (χ0v) is 17.2. The highest BCUT2D eigenvalue weighted by atomic mass is 19.1. The first-order chi connectivity index (χ1) is 14.3. The second kappa shape index (κ2) is 8.78. The van der Waals surface area contributed by atoms with E-state index in [1.807, 2.05) is 6.92 Å². The first-order valence-corrected chi connectivity index (χ1v) is 9.53. The van der Waals surface area contributed by atoms with E-state index < -0.39 is 5.82 Å². The molecule has 0 aliphatic heterocycles. The summed E-state index contributed by atoms with van der Waals surface area (Å²) < 4.78 is 21.7. The Kier molecular flexibility index (Phi) is 6.16. The molecule has 2 aromatic carbocycles. The Balaban J connectivity index is 2.15. The molecule has 30 heavy (non-hydrogen) atoms. The van der Waals surface area contributed by atoms with Crippen molar-refractivity contribution < 1.29 is 13.9 Å². The highest BCUT2D eigenvalue weighted by Gasteiger charge is 2.14. The standard InChI is InChI=1S/C24H23FN2O3/c1-5-16-12-17(14-27(4)24(16)29)19-13-18(26-23(28)6-2)8-10-21(19)30-22-9-7-15(3)11-20(22)25/h6-14H,2,5H2,1,3-4H3,(H,26,28). The summed E-state index contributed by atoms with van der Waals surface area (Å²) in [6.45, 7) is 7.16. The van der Waals surface area contributed by atoms with Gasteiger partial charge in [0.1, 0.15) is 5.75 Å². The zero-order valence-electron chi connectivity index (χ0n) is 17.2. The minimum Gasteiger partial charge on any atom is -0.454 e. The van der Waals surface area contributed by atoms with Gasteiger partial charge in [-0.15, -0.1) is 0 Å². The topological polar surface area (TPSA) is 60.3 Å². The van der Waals surface area contributed by atoms with E-state index >= 15 is 0 Å². The normalized spacial score (nSPS) is 10.5. The van der Waals surface area contributed by atoms with Crippen LogP contribution in [0.5, 0.6) is 11.5 Å². The molecule has 0 atom stereocenters. The highest BCUT2D eigenvalue weighted by Crippen LogP contribution is 2.36. The lowest BCUT2D eigenvalue weighted by atomic mass is 10.0. The number of nitrogens with one attached hydrogen (secondary N) is 1. The number of aryl methyl sites for hydroxylation is 3. The number of carbonyl (C=O) groups excluding carboxylic acids is 1. The number of rotatable bonds is 6. The predicted molar refractivity (Wildman–Crippen MR) is 117 cm³/mol. The van der Waals surface area contributed by atoms with Crippen molar-refractivity contribution >= 4 is 11.6 Å². The first kappa shape index (κ1) is 21.0. The molecular weight excluding hydrogens is 383 g/mol. The van der Waals surface area contributed by atoms with Gasteiger partial charge < -0.3 is 14.6 Å². The number of anilines is 1. The maximum Gasteiger partial charge on any atom is 0.253 e. The van der Waals surface area contributed by atoms with Crippen molar-refractivity contribution in [2.75, 3.05) is 5.32 Å². The Bertz CT molecular complexity index is 1180. The van der Waals surface area contributed by atoms with Crippen molar-refractivity contribution in [2.24, 2.45) is 7.05 Å².